The number of hydrogen-bond donors (Lipinski definition) is 1. The number of carbonyl (C=O) groups excluding carboxylic acids is 1. The molecule has 0 saturated heterocycles. The molecular weight excluding hydrogens is 307 g/mol. The molecule has 0 radical (unpaired) electrons. The van der Waals surface area contributed by atoms with E-state index in [0.29, 0.717) is 5.75 Å². The number of pyridine rings is 1. The van der Waals surface area contributed by atoms with Gasteiger partial charge in [0.2, 0.25) is 0 Å². The van der Waals surface area contributed by atoms with E-state index in [0.717, 1.165) is 11.1 Å². The average Bonchev–Trinajstić information content (AvgIpc) is 2.52. The Morgan fingerprint density at radius 3 is 2.71 bits per heavy atom. The first-order valence-corrected chi connectivity index (χ1v) is 7.87. The number of aryl methyl sites for hydroxylation is 1. The Labute approximate surface area is 142 Å². The minimum absolute atomic E-state index is 0.0366. The Kier molecular flexibility index (Phi) is 5.54. The van der Waals surface area contributed by atoms with Crippen LogP contribution in [0.1, 0.15) is 37.6 Å². The maximum atomic E-state index is 13.5. The van der Waals surface area contributed by atoms with E-state index in [1.54, 1.807) is 0 Å². The lowest BCUT2D eigenvalue weighted by Gasteiger charge is -2.23. The molecule has 1 aromatic heterocycles. The SMILES string of the molecule is Cc1ccc(OCC(=O)NCc2ncccc2F)c(C(C)(C)C)c1. The molecule has 4 nitrogen and oxygen atoms in total. The smallest absolute Gasteiger partial charge is 0.258 e. The highest BCUT2D eigenvalue weighted by molar-refractivity contribution is 5.77. The van der Waals surface area contributed by atoms with Gasteiger partial charge in [0.15, 0.2) is 6.61 Å². The maximum Gasteiger partial charge on any atom is 0.258 e. The average molecular weight is 330 g/mol. The van der Waals surface area contributed by atoms with Gasteiger partial charge in [-0.2, -0.15) is 0 Å². The predicted molar refractivity (Wildman–Crippen MR) is 91.4 cm³/mol. The fourth-order valence-electron chi connectivity index (χ4n) is 2.28. The molecule has 2 aromatic rings. The minimum atomic E-state index is -0.438. The van der Waals surface area contributed by atoms with Crippen LogP contribution < -0.4 is 10.1 Å². The fraction of sp³-hybridized carbons (Fsp3) is 0.368. The summed E-state index contributed by atoms with van der Waals surface area (Å²) in [6.07, 6.45) is 1.49. The molecule has 5 heteroatoms. The van der Waals surface area contributed by atoms with Gasteiger partial charge in [0.05, 0.1) is 12.2 Å². The lowest BCUT2D eigenvalue weighted by molar-refractivity contribution is -0.123. The first-order valence-electron chi connectivity index (χ1n) is 7.87. The van der Waals surface area contributed by atoms with Gasteiger partial charge in [-0.1, -0.05) is 38.5 Å². The molecule has 0 spiro atoms. The van der Waals surface area contributed by atoms with Gasteiger partial charge >= 0.3 is 0 Å². The van der Waals surface area contributed by atoms with Crippen molar-refractivity contribution in [2.75, 3.05) is 6.61 Å². The molecule has 1 N–H and O–H groups in total. The van der Waals surface area contributed by atoms with Crippen LogP contribution in [0, 0.1) is 12.7 Å². The molecule has 24 heavy (non-hydrogen) atoms. The van der Waals surface area contributed by atoms with Crippen molar-refractivity contribution in [1.29, 1.82) is 0 Å². The van der Waals surface area contributed by atoms with Crippen molar-refractivity contribution in [2.45, 2.75) is 39.7 Å². The van der Waals surface area contributed by atoms with Crippen molar-refractivity contribution in [3.63, 3.8) is 0 Å². The monoisotopic (exact) mass is 330 g/mol. The van der Waals surface area contributed by atoms with Crippen LogP contribution in [0.2, 0.25) is 0 Å². The van der Waals surface area contributed by atoms with Crippen LogP contribution in [0.25, 0.3) is 0 Å². The summed E-state index contributed by atoms with van der Waals surface area (Å²) in [5.41, 5.74) is 2.31. The quantitative estimate of drug-likeness (QED) is 0.912. The zero-order valence-corrected chi connectivity index (χ0v) is 14.5. The number of nitrogens with zero attached hydrogens (tertiary/aromatic N) is 1. The zero-order valence-electron chi connectivity index (χ0n) is 14.5. The summed E-state index contributed by atoms with van der Waals surface area (Å²) < 4.78 is 19.1. The third-order valence-electron chi connectivity index (χ3n) is 3.59. The van der Waals surface area contributed by atoms with Gasteiger partial charge in [-0.25, -0.2) is 4.39 Å². The lowest BCUT2D eigenvalue weighted by atomic mass is 9.85. The van der Waals surface area contributed by atoms with E-state index in [4.69, 9.17) is 4.74 Å². The summed E-state index contributed by atoms with van der Waals surface area (Å²) in [4.78, 5) is 15.8. The highest BCUT2D eigenvalue weighted by atomic mass is 19.1. The third-order valence-corrected chi connectivity index (χ3v) is 3.59. The molecule has 0 aliphatic heterocycles. The van der Waals surface area contributed by atoms with Crippen molar-refractivity contribution in [3.8, 4) is 5.75 Å². The molecule has 128 valence electrons. The number of benzene rings is 1. The van der Waals surface area contributed by atoms with Gasteiger partial charge in [-0.05, 0) is 36.1 Å². The molecule has 0 saturated carbocycles. The van der Waals surface area contributed by atoms with Crippen LogP contribution in [0.3, 0.4) is 0 Å². The van der Waals surface area contributed by atoms with Crippen molar-refractivity contribution in [1.82, 2.24) is 10.3 Å². The first-order chi connectivity index (χ1) is 11.3. The Bertz CT molecular complexity index is 724. The Hall–Kier alpha value is -2.43. The van der Waals surface area contributed by atoms with Crippen molar-refractivity contribution in [2.24, 2.45) is 0 Å². The fourth-order valence-corrected chi connectivity index (χ4v) is 2.28. The second-order valence-electron chi connectivity index (χ2n) is 6.75. The summed E-state index contributed by atoms with van der Waals surface area (Å²) >= 11 is 0. The molecule has 0 fully saturated rings. The zero-order chi connectivity index (χ0) is 17.7. The Morgan fingerprint density at radius 1 is 1.29 bits per heavy atom. The lowest BCUT2D eigenvalue weighted by Crippen LogP contribution is -2.29. The molecule has 0 unspecified atom stereocenters. The molecule has 1 amide bonds. The number of aromatic nitrogens is 1. The molecule has 0 bridgehead atoms. The molecule has 2 rings (SSSR count). The number of halogens is 1. The second kappa shape index (κ2) is 7.43. The molecule has 0 aliphatic rings. The van der Waals surface area contributed by atoms with Gasteiger partial charge in [0.1, 0.15) is 11.6 Å². The maximum absolute atomic E-state index is 13.5. The molecule has 0 aliphatic carbocycles. The van der Waals surface area contributed by atoms with Gasteiger partial charge in [0, 0.05) is 6.20 Å². The van der Waals surface area contributed by atoms with Gasteiger partial charge in [-0.15, -0.1) is 0 Å². The summed E-state index contributed by atoms with van der Waals surface area (Å²) in [5.74, 6) is -0.0694. The van der Waals surface area contributed by atoms with Crippen LogP contribution >= 0.6 is 0 Å². The van der Waals surface area contributed by atoms with Crippen LogP contribution in [-0.2, 0) is 16.8 Å². The van der Waals surface area contributed by atoms with E-state index >= 15 is 0 Å². The van der Waals surface area contributed by atoms with Crippen LogP contribution in [0.5, 0.6) is 5.75 Å². The molecule has 1 heterocycles. The summed E-state index contributed by atoms with van der Waals surface area (Å²) in [6.45, 7) is 8.22. The number of amides is 1. The van der Waals surface area contributed by atoms with Crippen LogP contribution in [0.4, 0.5) is 4.39 Å². The normalized spacial score (nSPS) is 11.2. The predicted octanol–water partition coefficient (Wildman–Crippen LogP) is 3.52. The van der Waals surface area contributed by atoms with Crippen LogP contribution in [0.15, 0.2) is 36.5 Å². The standard InChI is InChI=1S/C19H23FN2O2/c1-13-7-8-17(14(10-13)19(2,3)4)24-12-18(23)22-11-16-15(20)6-5-9-21-16/h5-10H,11-12H2,1-4H3,(H,22,23). The second-order valence-corrected chi connectivity index (χ2v) is 6.75. The van der Waals surface area contributed by atoms with Crippen molar-refractivity contribution in [3.05, 3.63) is 59.2 Å². The summed E-state index contributed by atoms with van der Waals surface area (Å²) in [6, 6.07) is 8.71. The van der Waals surface area contributed by atoms with Gasteiger partial charge in [-0.3, -0.25) is 9.78 Å². The number of ether oxygens (including phenoxy) is 1. The van der Waals surface area contributed by atoms with E-state index in [-0.39, 0.29) is 30.2 Å². The number of hydrogen-bond acceptors (Lipinski definition) is 3. The van der Waals surface area contributed by atoms with E-state index in [1.165, 1.54) is 18.3 Å². The highest BCUT2D eigenvalue weighted by Gasteiger charge is 2.19. The highest BCUT2D eigenvalue weighted by Crippen LogP contribution is 2.32. The Balaban J connectivity index is 1.96. The number of nitrogens with one attached hydrogen (secondary N) is 1. The van der Waals surface area contributed by atoms with Gasteiger partial charge in [0.25, 0.3) is 5.91 Å². The Morgan fingerprint density at radius 2 is 2.04 bits per heavy atom. The van der Waals surface area contributed by atoms with E-state index < -0.39 is 5.82 Å². The molecular formula is C19H23FN2O2. The van der Waals surface area contributed by atoms with E-state index in [9.17, 15) is 9.18 Å². The first kappa shape index (κ1) is 17.9. The van der Waals surface area contributed by atoms with E-state index in [2.05, 4.69) is 37.1 Å². The van der Waals surface area contributed by atoms with Crippen molar-refractivity contribution < 1.29 is 13.9 Å². The minimum Gasteiger partial charge on any atom is -0.483 e. The van der Waals surface area contributed by atoms with E-state index in [1.807, 2.05) is 19.1 Å². The summed E-state index contributed by atoms with van der Waals surface area (Å²) in [7, 11) is 0. The number of carbonyl (C=O) groups is 1. The molecule has 1 aromatic carbocycles. The topological polar surface area (TPSA) is 51.2 Å². The largest absolute Gasteiger partial charge is 0.483 e. The third kappa shape index (κ3) is 4.78. The van der Waals surface area contributed by atoms with Gasteiger partial charge < -0.3 is 10.1 Å². The summed E-state index contributed by atoms with van der Waals surface area (Å²) in [5, 5.41) is 2.61. The van der Waals surface area contributed by atoms with Crippen molar-refractivity contribution >= 4 is 5.91 Å². The van der Waals surface area contributed by atoms with Crippen LogP contribution in [-0.4, -0.2) is 17.5 Å². The number of rotatable bonds is 5. The molecule has 0 atom stereocenters.